The summed E-state index contributed by atoms with van der Waals surface area (Å²) in [5.74, 6) is 0.603. The summed E-state index contributed by atoms with van der Waals surface area (Å²) in [4.78, 5) is 42.3. The smallest absolute Gasteiger partial charge is 0.408 e. The third kappa shape index (κ3) is 7.77. The molecule has 4 rings (SSSR count). The molecule has 1 aromatic heterocycles. The number of anilines is 1. The van der Waals surface area contributed by atoms with Crippen LogP contribution in [-0.4, -0.2) is 78.9 Å². The largest absolute Gasteiger partial charge is 0.444 e. The maximum absolute atomic E-state index is 12.1. The van der Waals surface area contributed by atoms with Crippen LogP contribution in [0.4, 0.5) is 10.5 Å². The first-order valence-corrected chi connectivity index (χ1v) is 13.0. The Morgan fingerprint density at radius 3 is 2.50 bits per heavy atom. The van der Waals surface area contributed by atoms with E-state index in [1.807, 2.05) is 31.5 Å². The molecule has 2 amide bonds. The van der Waals surface area contributed by atoms with Gasteiger partial charge in [-0.25, -0.2) is 9.79 Å². The Bertz CT molecular complexity index is 1200. The molecule has 2 aliphatic heterocycles. The van der Waals surface area contributed by atoms with Gasteiger partial charge in [-0.2, -0.15) is 0 Å². The molecule has 0 radical (unpaired) electrons. The number of rotatable bonds is 6. The fraction of sp³-hybridized carbons (Fsp3) is 0.464. The maximum Gasteiger partial charge on any atom is 0.408 e. The monoisotopic (exact) mass is 519 g/mol. The van der Waals surface area contributed by atoms with Gasteiger partial charge in [0.25, 0.3) is 0 Å². The summed E-state index contributed by atoms with van der Waals surface area (Å²) in [6.07, 6.45) is 3.22. The number of piperazine rings is 1. The van der Waals surface area contributed by atoms with Crippen molar-refractivity contribution in [1.29, 1.82) is 0 Å². The third-order valence-corrected chi connectivity index (χ3v) is 6.27. The van der Waals surface area contributed by atoms with E-state index < -0.39 is 11.7 Å². The van der Waals surface area contributed by atoms with Gasteiger partial charge in [0.05, 0.1) is 6.54 Å². The van der Waals surface area contributed by atoms with Crippen molar-refractivity contribution in [2.24, 2.45) is 9.98 Å². The molecule has 2 aliphatic rings. The first kappa shape index (κ1) is 27.1. The van der Waals surface area contributed by atoms with Gasteiger partial charge >= 0.3 is 6.09 Å². The highest BCUT2D eigenvalue weighted by atomic mass is 16.6. The summed E-state index contributed by atoms with van der Waals surface area (Å²) in [5, 5.41) is 5.30. The van der Waals surface area contributed by atoms with Crippen molar-refractivity contribution < 1.29 is 14.3 Å². The van der Waals surface area contributed by atoms with Crippen LogP contribution in [0.25, 0.3) is 0 Å². The van der Waals surface area contributed by atoms with Gasteiger partial charge in [0.2, 0.25) is 11.9 Å². The van der Waals surface area contributed by atoms with Gasteiger partial charge in [-0.1, -0.05) is 24.3 Å². The van der Waals surface area contributed by atoms with Crippen molar-refractivity contribution in [3.8, 4) is 0 Å². The van der Waals surface area contributed by atoms with Crippen LogP contribution in [0.5, 0.6) is 0 Å². The summed E-state index contributed by atoms with van der Waals surface area (Å²) >= 11 is 0. The Hall–Kier alpha value is -3.95. The molecular formula is C28H37N7O3. The normalized spacial score (nSPS) is 17.6. The predicted octanol–water partition coefficient (Wildman–Crippen LogP) is 2.88. The number of aromatic nitrogens is 1. The number of hydrogen-bond acceptors (Lipinski definition) is 8. The Kier molecular flexibility index (Phi) is 8.60. The first-order valence-electron chi connectivity index (χ1n) is 13.0. The lowest BCUT2D eigenvalue weighted by atomic mass is 9.98. The molecule has 0 saturated carbocycles. The minimum atomic E-state index is -0.614. The Labute approximate surface area is 224 Å². The second-order valence-corrected chi connectivity index (χ2v) is 10.5. The zero-order chi connectivity index (χ0) is 27.1. The van der Waals surface area contributed by atoms with Gasteiger partial charge in [-0.3, -0.25) is 14.8 Å². The number of aryl methyl sites for hydroxylation is 1. The number of amides is 2. The van der Waals surface area contributed by atoms with Crippen molar-refractivity contribution >= 4 is 29.9 Å². The summed E-state index contributed by atoms with van der Waals surface area (Å²) in [6, 6.07) is 12.2. The summed E-state index contributed by atoms with van der Waals surface area (Å²) in [5.41, 5.74) is 3.70. The number of nitrogens with zero attached hydrogens (tertiary/aromatic N) is 5. The molecule has 202 valence electrons. The van der Waals surface area contributed by atoms with E-state index in [-0.39, 0.29) is 18.4 Å². The number of pyridine rings is 1. The van der Waals surface area contributed by atoms with Crippen molar-refractivity contribution in [2.45, 2.75) is 45.8 Å². The SMILES string of the molecule is Cc1cc(N2CCN(C3=NCC(c4cccc(CNC(=O)CNC(=O)OC(C)(C)C)c4)C=N3)CC2)ccn1. The lowest BCUT2D eigenvalue weighted by Gasteiger charge is -2.37. The quantitative estimate of drug-likeness (QED) is 0.607. The van der Waals surface area contributed by atoms with Crippen molar-refractivity contribution in [1.82, 2.24) is 20.5 Å². The molecule has 1 fully saturated rings. The zero-order valence-electron chi connectivity index (χ0n) is 22.6. The van der Waals surface area contributed by atoms with E-state index in [1.54, 1.807) is 20.8 Å². The first-order chi connectivity index (χ1) is 18.2. The fourth-order valence-electron chi connectivity index (χ4n) is 4.35. The number of carbonyl (C=O) groups is 2. The number of aliphatic imine (C=N–C) groups is 2. The molecule has 1 unspecified atom stereocenters. The topological polar surface area (TPSA) is 112 Å². The molecule has 10 heteroatoms. The minimum absolute atomic E-state index is 0.0873. The molecule has 38 heavy (non-hydrogen) atoms. The number of benzene rings is 1. The van der Waals surface area contributed by atoms with Gasteiger partial charge in [-0.15, -0.1) is 0 Å². The number of guanidine groups is 1. The van der Waals surface area contributed by atoms with Gasteiger partial charge in [0, 0.05) is 62.4 Å². The van der Waals surface area contributed by atoms with Gasteiger partial charge in [-0.05, 0) is 51.0 Å². The highest BCUT2D eigenvalue weighted by Gasteiger charge is 2.23. The molecule has 1 atom stereocenters. The summed E-state index contributed by atoms with van der Waals surface area (Å²) < 4.78 is 5.15. The summed E-state index contributed by atoms with van der Waals surface area (Å²) in [6.45, 7) is 11.8. The van der Waals surface area contributed by atoms with Crippen LogP contribution in [0, 0.1) is 6.92 Å². The average Bonchev–Trinajstić information content (AvgIpc) is 2.90. The van der Waals surface area contributed by atoms with Crippen molar-refractivity contribution in [3.05, 3.63) is 59.4 Å². The van der Waals surface area contributed by atoms with E-state index in [0.717, 1.165) is 49.0 Å². The van der Waals surface area contributed by atoms with Crippen LogP contribution in [0.2, 0.25) is 0 Å². The number of ether oxygens (including phenoxy) is 1. The highest BCUT2D eigenvalue weighted by molar-refractivity contribution is 5.92. The molecule has 2 aromatic rings. The number of alkyl carbamates (subject to hydrolysis) is 1. The molecule has 2 N–H and O–H groups in total. The number of nitrogens with one attached hydrogen (secondary N) is 2. The van der Waals surface area contributed by atoms with E-state index in [2.05, 4.69) is 49.7 Å². The fourth-order valence-corrected chi connectivity index (χ4v) is 4.35. The van der Waals surface area contributed by atoms with Crippen LogP contribution in [0.3, 0.4) is 0 Å². The second kappa shape index (κ2) is 12.1. The molecule has 0 bridgehead atoms. The molecule has 1 aromatic carbocycles. The van der Waals surface area contributed by atoms with Crippen molar-refractivity contribution in [3.63, 3.8) is 0 Å². The van der Waals surface area contributed by atoms with E-state index in [0.29, 0.717) is 13.1 Å². The Balaban J connectivity index is 1.23. The van der Waals surface area contributed by atoms with Crippen LogP contribution >= 0.6 is 0 Å². The van der Waals surface area contributed by atoms with Crippen LogP contribution in [0.1, 0.15) is 43.5 Å². The lowest BCUT2D eigenvalue weighted by molar-refractivity contribution is -0.120. The third-order valence-electron chi connectivity index (χ3n) is 6.27. The van der Waals surface area contributed by atoms with Crippen LogP contribution < -0.4 is 15.5 Å². The number of carbonyl (C=O) groups excluding carboxylic acids is 2. The highest BCUT2D eigenvalue weighted by Crippen LogP contribution is 2.21. The number of hydrogen-bond donors (Lipinski definition) is 2. The average molecular weight is 520 g/mol. The van der Waals surface area contributed by atoms with Crippen molar-refractivity contribution in [2.75, 3.05) is 44.2 Å². The Morgan fingerprint density at radius 2 is 1.82 bits per heavy atom. The predicted molar refractivity (Wildman–Crippen MR) is 149 cm³/mol. The minimum Gasteiger partial charge on any atom is -0.444 e. The second-order valence-electron chi connectivity index (χ2n) is 10.5. The molecule has 0 aliphatic carbocycles. The van der Waals surface area contributed by atoms with Gasteiger partial charge < -0.3 is 25.2 Å². The molecule has 0 spiro atoms. The Morgan fingerprint density at radius 1 is 1.05 bits per heavy atom. The molecule has 1 saturated heterocycles. The van der Waals surface area contributed by atoms with Crippen LogP contribution in [-0.2, 0) is 16.1 Å². The molecule has 3 heterocycles. The molecular weight excluding hydrogens is 482 g/mol. The standard InChI is InChI=1S/C28H37N7O3/c1-20-14-24(8-9-29-20)34-10-12-35(13-11-34)26-31-17-23(18-32-26)22-7-5-6-21(15-22)16-30-25(36)19-33-27(37)38-28(2,3)4/h5-9,14-15,17,23H,10-13,16,18-19H2,1-4H3,(H,30,36)(H,33,37). The molecule has 10 nitrogen and oxygen atoms in total. The lowest BCUT2D eigenvalue weighted by Crippen LogP contribution is -2.49. The van der Waals surface area contributed by atoms with E-state index in [9.17, 15) is 9.59 Å². The maximum atomic E-state index is 12.1. The van der Waals surface area contributed by atoms with E-state index >= 15 is 0 Å². The van der Waals surface area contributed by atoms with E-state index in [1.165, 1.54) is 5.69 Å². The zero-order valence-corrected chi connectivity index (χ0v) is 22.6. The summed E-state index contributed by atoms with van der Waals surface area (Å²) in [7, 11) is 0. The van der Waals surface area contributed by atoms with Gasteiger partial charge in [0.1, 0.15) is 12.1 Å². The van der Waals surface area contributed by atoms with E-state index in [4.69, 9.17) is 14.7 Å². The van der Waals surface area contributed by atoms with Crippen LogP contribution in [0.15, 0.2) is 52.6 Å². The van der Waals surface area contributed by atoms with Gasteiger partial charge in [0.15, 0.2) is 0 Å².